The number of hydrogen-bond acceptors (Lipinski definition) is 1. The van der Waals surface area contributed by atoms with Gasteiger partial charge in [0.1, 0.15) is 0 Å². The molecule has 1 atom stereocenters. The number of aliphatic hydroxyl groups is 1. The average molecular weight is 174 g/mol. The van der Waals surface area contributed by atoms with Crippen LogP contribution >= 0.6 is 0 Å². The Morgan fingerprint density at radius 3 is 2.54 bits per heavy atom. The van der Waals surface area contributed by atoms with E-state index in [1.165, 1.54) is 0 Å². The molecule has 1 aromatic rings. The molecule has 0 amide bonds. The molecule has 1 unspecified atom stereocenters. The summed E-state index contributed by atoms with van der Waals surface area (Å²) in [6, 6.07) is 9.86. The highest BCUT2D eigenvalue weighted by Crippen LogP contribution is 2.15. The molecule has 68 valence electrons. The summed E-state index contributed by atoms with van der Waals surface area (Å²) in [7, 11) is 0. The Kier molecular flexibility index (Phi) is 3.11. The number of rotatable bonds is 3. The van der Waals surface area contributed by atoms with E-state index in [2.05, 4.69) is 5.92 Å². The van der Waals surface area contributed by atoms with E-state index < -0.39 is 5.60 Å². The summed E-state index contributed by atoms with van der Waals surface area (Å²) in [5.74, 6) is 2.48. The van der Waals surface area contributed by atoms with Gasteiger partial charge in [0.05, 0.1) is 5.60 Å². The lowest BCUT2D eigenvalue weighted by molar-refractivity contribution is 0.0660. The SMILES string of the molecule is C#CCC(C)(O)Cc1ccccc1. The van der Waals surface area contributed by atoms with Crippen molar-refractivity contribution in [2.75, 3.05) is 0 Å². The predicted octanol–water partition coefficient (Wildman–Crippen LogP) is 2.00. The van der Waals surface area contributed by atoms with E-state index in [9.17, 15) is 5.11 Å². The third-order valence-corrected chi connectivity index (χ3v) is 1.91. The van der Waals surface area contributed by atoms with E-state index >= 15 is 0 Å². The second-order valence-electron chi connectivity index (χ2n) is 3.54. The molecule has 1 aromatic carbocycles. The first-order chi connectivity index (χ1) is 6.14. The summed E-state index contributed by atoms with van der Waals surface area (Å²) in [4.78, 5) is 0. The maximum atomic E-state index is 9.83. The fourth-order valence-electron chi connectivity index (χ4n) is 1.32. The zero-order chi connectivity index (χ0) is 9.73. The molecule has 0 saturated carbocycles. The quantitative estimate of drug-likeness (QED) is 0.695. The van der Waals surface area contributed by atoms with Crippen LogP contribution in [-0.4, -0.2) is 10.7 Å². The summed E-state index contributed by atoms with van der Waals surface area (Å²) in [6.45, 7) is 1.76. The van der Waals surface area contributed by atoms with Crippen LogP contribution in [-0.2, 0) is 6.42 Å². The molecule has 0 aromatic heterocycles. The Bertz CT molecular complexity index is 293. The topological polar surface area (TPSA) is 20.2 Å². The molecule has 1 rings (SSSR count). The lowest BCUT2D eigenvalue weighted by Crippen LogP contribution is -2.26. The van der Waals surface area contributed by atoms with Crippen molar-refractivity contribution in [1.29, 1.82) is 0 Å². The molecule has 13 heavy (non-hydrogen) atoms. The van der Waals surface area contributed by atoms with Crippen molar-refractivity contribution in [1.82, 2.24) is 0 Å². The minimum atomic E-state index is -0.782. The van der Waals surface area contributed by atoms with E-state index in [-0.39, 0.29) is 0 Å². The minimum absolute atomic E-state index is 0.391. The van der Waals surface area contributed by atoms with Gasteiger partial charge in [-0.05, 0) is 12.5 Å². The van der Waals surface area contributed by atoms with Crippen LogP contribution < -0.4 is 0 Å². The molecule has 1 nitrogen and oxygen atoms in total. The monoisotopic (exact) mass is 174 g/mol. The lowest BCUT2D eigenvalue weighted by atomic mass is 9.94. The van der Waals surface area contributed by atoms with Crippen molar-refractivity contribution in [3.05, 3.63) is 35.9 Å². The molecular weight excluding hydrogens is 160 g/mol. The molecule has 0 radical (unpaired) electrons. The molecule has 0 heterocycles. The highest BCUT2D eigenvalue weighted by molar-refractivity contribution is 5.17. The summed E-state index contributed by atoms with van der Waals surface area (Å²) in [6.07, 6.45) is 6.16. The number of terminal acetylenes is 1. The maximum Gasteiger partial charge on any atom is 0.0768 e. The maximum absolute atomic E-state index is 9.83. The van der Waals surface area contributed by atoms with Gasteiger partial charge in [-0.15, -0.1) is 12.3 Å². The first-order valence-corrected chi connectivity index (χ1v) is 4.34. The van der Waals surface area contributed by atoms with Gasteiger partial charge in [-0.1, -0.05) is 30.3 Å². The molecule has 0 bridgehead atoms. The summed E-state index contributed by atoms with van der Waals surface area (Å²) < 4.78 is 0. The third-order valence-electron chi connectivity index (χ3n) is 1.91. The standard InChI is InChI=1S/C12H14O/c1-3-9-12(2,13)10-11-7-5-4-6-8-11/h1,4-8,13H,9-10H2,2H3. The van der Waals surface area contributed by atoms with Crippen LogP contribution in [0.2, 0.25) is 0 Å². The first-order valence-electron chi connectivity index (χ1n) is 4.34. The second-order valence-corrected chi connectivity index (χ2v) is 3.54. The Labute approximate surface area is 79.4 Å². The zero-order valence-electron chi connectivity index (χ0n) is 7.83. The van der Waals surface area contributed by atoms with E-state index in [1.807, 2.05) is 30.3 Å². The van der Waals surface area contributed by atoms with E-state index in [1.54, 1.807) is 6.92 Å². The van der Waals surface area contributed by atoms with Crippen molar-refractivity contribution in [3.8, 4) is 12.3 Å². The smallest absolute Gasteiger partial charge is 0.0768 e. The minimum Gasteiger partial charge on any atom is -0.389 e. The van der Waals surface area contributed by atoms with Gasteiger partial charge < -0.3 is 5.11 Å². The van der Waals surface area contributed by atoms with Crippen molar-refractivity contribution < 1.29 is 5.11 Å². The number of hydrogen-bond donors (Lipinski definition) is 1. The Hall–Kier alpha value is -1.26. The molecule has 0 saturated heterocycles. The summed E-state index contributed by atoms with van der Waals surface area (Å²) in [5, 5.41) is 9.83. The van der Waals surface area contributed by atoms with Gasteiger partial charge in [0, 0.05) is 12.8 Å². The van der Waals surface area contributed by atoms with Crippen molar-refractivity contribution in [2.24, 2.45) is 0 Å². The predicted molar refractivity (Wildman–Crippen MR) is 54.2 cm³/mol. The number of benzene rings is 1. The normalized spacial score (nSPS) is 14.5. The Morgan fingerprint density at radius 1 is 1.38 bits per heavy atom. The molecule has 0 aliphatic carbocycles. The first kappa shape index (κ1) is 9.83. The van der Waals surface area contributed by atoms with E-state index in [0.717, 1.165) is 5.56 Å². The van der Waals surface area contributed by atoms with Gasteiger partial charge in [0.15, 0.2) is 0 Å². The van der Waals surface area contributed by atoms with Crippen LogP contribution in [0.5, 0.6) is 0 Å². The summed E-state index contributed by atoms with van der Waals surface area (Å²) in [5.41, 5.74) is 0.332. The van der Waals surface area contributed by atoms with Crippen LogP contribution in [0.15, 0.2) is 30.3 Å². The van der Waals surface area contributed by atoms with E-state index in [4.69, 9.17) is 6.42 Å². The fraction of sp³-hybridized carbons (Fsp3) is 0.333. The van der Waals surface area contributed by atoms with Crippen LogP contribution in [0.1, 0.15) is 18.9 Å². The molecule has 0 aliphatic rings. The molecule has 0 spiro atoms. The molecular formula is C12H14O. The second kappa shape index (κ2) is 4.11. The largest absolute Gasteiger partial charge is 0.389 e. The fourth-order valence-corrected chi connectivity index (χ4v) is 1.32. The van der Waals surface area contributed by atoms with Crippen LogP contribution in [0.3, 0.4) is 0 Å². The van der Waals surface area contributed by atoms with Crippen molar-refractivity contribution in [3.63, 3.8) is 0 Å². The highest BCUT2D eigenvalue weighted by atomic mass is 16.3. The van der Waals surface area contributed by atoms with Crippen LogP contribution in [0.4, 0.5) is 0 Å². The van der Waals surface area contributed by atoms with E-state index in [0.29, 0.717) is 12.8 Å². The molecule has 1 heteroatoms. The highest BCUT2D eigenvalue weighted by Gasteiger charge is 2.18. The van der Waals surface area contributed by atoms with Gasteiger partial charge in [-0.25, -0.2) is 0 Å². The Balaban J connectivity index is 2.65. The van der Waals surface area contributed by atoms with Crippen LogP contribution in [0, 0.1) is 12.3 Å². The zero-order valence-corrected chi connectivity index (χ0v) is 7.83. The van der Waals surface area contributed by atoms with Gasteiger partial charge >= 0.3 is 0 Å². The van der Waals surface area contributed by atoms with Gasteiger partial charge in [-0.3, -0.25) is 0 Å². The van der Waals surface area contributed by atoms with Crippen LogP contribution in [0.25, 0.3) is 0 Å². The van der Waals surface area contributed by atoms with Crippen molar-refractivity contribution >= 4 is 0 Å². The Morgan fingerprint density at radius 2 is 2.00 bits per heavy atom. The lowest BCUT2D eigenvalue weighted by Gasteiger charge is -2.20. The summed E-state index contributed by atoms with van der Waals surface area (Å²) >= 11 is 0. The molecule has 0 fully saturated rings. The molecule has 1 N–H and O–H groups in total. The third kappa shape index (κ3) is 3.31. The molecule has 0 aliphatic heterocycles. The van der Waals surface area contributed by atoms with Gasteiger partial charge in [0.25, 0.3) is 0 Å². The average Bonchev–Trinajstić information content (AvgIpc) is 2.04. The van der Waals surface area contributed by atoms with Gasteiger partial charge in [-0.2, -0.15) is 0 Å². The van der Waals surface area contributed by atoms with Gasteiger partial charge in [0.2, 0.25) is 0 Å². The van der Waals surface area contributed by atoms with Crippen molar-refractivity contribution in [2.45, 2.75) is 25.4 Å².